The molecule has 5 nitrogen and oxygen atoms in total. The summed E-state index contributed by atoms with van der Waals surface area (Å²) >= 11 is 6.11. The summed E-state index contributed by atoms with van der Waals surface area (Å²) in [4.78, 5) is 15.6. The van der Waals surface area contributed by atoms with Gasteiger partial charge in [-0.15, -0.1) is 5.10 Å². The van der Waals surface area contributed by atoms with E-state index in [1.54, 1.807) is 12.4 Å². The minimum absolute atomic E-state index is 0.0772. The molecule has 0 saturated heterocycles. The van der Waals surface area contributed by atoms with Crippen molar-refractivity contribution in [1.82, 2.24) is 15.2 Å². The van der Waals surface area contributed by atoms with Crippen molar-refractivity contribution in [3.05, 3.63) is 34.0 Å². The normalized spacial score (nSPS) is 10.1. The summed E-state index contributed by atoms with van der Waals surface area (Å²) in [6.07, 6.45) is 4.53. The van der Waals surface area contributed by atoms with Crippen LogP contribution in [0.1, 0.15) is 12.0 Å². The first-order valence-corrected chi connectivity index (χ1v) is 6.21. The third-order valence-corrected chi connectivity index (χ3v) is 3.05. The van der Waals surface area contributed by atoms with Gasteiger partial charge in [-0.25, -0.2) is 0 Å². The molecule has 0 fully saturated rings. The van der Waals surface area contributed by atoms with Crippen LogP contribution in [0.2, 0.25) is 0 Å². The highest BCUT2D eigenvalue weighted by molar-refractivity contribution is 7.73. The lowest BCUT2D eigenvalue weighted by molar-refractivity contribution is -0.116. The number of aromatic amines is 1. The minimum Gasteiger partial charge on any atom is -0.301 e. The van der Waals surface area contributed by atoms with Gasteiger partial charge in [-0.3, -0.25) is 14.9 Å². The summed E-state index contributed by atoms with van der Waals surface area (Å²) in [5, 5.41) is 9.65. The van der Waals surface area contributed by atoms with E-state index in [9.17, 15) is 4.79 Å². The molecule has 0 unspecified atom stereocenters. The van der Waals surface area contributed by atoms with Gasteiger partial charge in [0.2, 0.25) is 11.0 Å². The molecule has 17 heavy (non-hydrogen) atoms. The Hall–Kier alpha value is -1.60. The van der Waals surface area contributed by atoms with Crippen molar-refractivity contribution in [3.63, 3.8) is 0 Å². The highest BCUT2D eigenvalue weighted by Crippen LogP contribution is 2.11. The first-order valence-electron chi connectivity index (χ1n) is 4.98. The highest BCUT2D eigenvalue weighted by atomic mass is 32.1. The Morgan fingerprint density at radius 1 is 1.59 bits per heavy atom. The number of nitrogens with zero attached hydrogens (tertiary/aromatic N) is 2. The zero-order chi connectivity index (χ0) is 12.1. The van der Waals surface area contributed by atoms with Crippen LogP contribution < -0.4 is 5.32 Å². The van der Waals surface area contributed by atoms with E-state index in [1.807, 2.05) is 12.1 Å². The van der Waals surface area contributed by atoms with E-state index in [-0.39, 0.29) is 5.91 Å². The molecule has 88 valence electrons. The second-order valence-corrected chi connectivity index (χ2v) is 4.99. The number of amides is 1. The number of aromatic nitrogens is 3. The Bertz CT molecular complexity index is 549. The van der Waals surface area contributed by atoms with Gasteiger partial charge >= 0.3 is 0 Å². The van der Waals surface area contributed by atoms with Crippen LogP contribution in [-0.2, 0) is 11.2 Å². The van der Waals surface area contributed by atoms with E-state index in [0.717, 1.165) is 5.56 Å². The number of H-pyrrole nitrogens is 1. The number of nitrogens with one attached hydrogen (secondary N) is 2. The van der Waals surface area contributed by atoms with Crippen molar-refractivity contribution >= 4 is 34.6 Å². The van der Waals surface area contributed by atoms with Gasteiger partial charge < -0.3 is 5.32 Å². The lowest BCUT2D eigenvalue weighted by atomic mass is 10.1. The predicted octanol–water partition coefficient (Wildman–Crippen LogP) is 2.17. The fourth-order valence-electron chi connectivity index (χ4n) is 1.27. The average Bonchev–Trinajstić information content (AvgIpc) is 2.73. The summed E-state index contributed by atoms with van der Waals surface area (Å²) < 4.78 is 0.549. The number of anilines is 1. The third-order valence-electron chi connectivity index (χ3n) is 2.05. The molecule has 0 aliphatic carbocycles. The maximum atomic E-state index is 11.6. The minimum atomic E-state index is -0.0772. The molecule has 0 spiro atoms. The van der Waals surface area contributed by atoms with Crippen molar-refractivity contribution in [2.75, 3.05) is 5.32 Å². The number of hydrogen-bond donors (Lipinski definition) is 2. The van der Waals surface area contributed by atoms with Gasteiger partial charge in [-0.2, -0.15) is 0 Å². The number of carbonyl (C=O) groups excluding carboxylic acids is 1. The van der Waals surface area contributed by atoms with Crippen LogP contribution in [0, 0.1) is 3.95 Å². The number of pyridine rings is 1. The first kappa shape index (κ1) is 11.9. The Balaban J connectivity index is 1.84. The monoisotopic (exact) mass is 266 g/mol. The first-order chi connectivity index (χ1) is 8.24. The van der Waals surface area contributed by atoms with Crippen LogP contribution in [0.15, 0.2) is 24.5 Å². The van der Waals surface area contributed by atoms with Crippen LogP contribution in [0.5, 0.6) is 0 Å². The van der Waals surface area contributed by atoms with Crippen LogP contribution in [0.3, 0.4) is 0 Å². The highest BCUT2D eigenvalue weighted by Gasteiger charge is 2.05. The smallest absolute Gasteiger partial charge is 0.226 e. The molecule has 2 rings (SSSR count). The van der Waals surface area contributed by atoms with Crippen LogP contribution >= 0.6 is 23.6 Å². The molecule has 0 aromatic carbocycles. The Kier molecular flexibility index (Phi) is 3.94. The van der Waals surface area contributed by atoms with E-state index < -0.39 is 0 Å². The summed E-state index contributed by atoms with van der Waals surface area (Å²) in [7, 11) is 0. The second kappa shape index (κ2) is 5.65. The molecule has 2 N–H and O–H groups in total. The Labute approximate surface area is 107 Å². The lowest BCUT2D eigenvalue weighted by Crippen LogP contribution is -2.12. The van der Waals surface area contributed by atoms with E-state index in [0.29, 0.717) is 21.9 Å². The van der Waals surface area contributed by atoms with Crippen molar-refractivity contribution in [2.45, 2.75) is 12.8 Å². The summed E-state index contributed by atoms with van der Waals surface area (Å²) in [5.74, 6) is -0.0772. The van der Waals surface area contributed by atoms with Gasteiger partial charge in [0.1, 0.15) is 0 Å². The van der Waals surface area contributed by atoms with Gasteiger partial charge in [0.15, 0.2) is 3.95 Å². The number of aryl methyl sites for hydroxylation is 1. The van der Waals surface area contributed by atoms with Crippen LogP contribution in [-0.4, -0.2) is 21.1 Å². The van der Waals surface area contributed by atoms with Crippen LogP contribution in [0.4, 0.5) is 5.13 Å². The molecule has 2 heterocycles. The fourth-order valence-corrected chi connectivity index (χ4v) is 2.07. The maximum absolute atomic E-state index is 11.6. The zero-order valence-electron chi connectivity index (χ0n) is 8.84. The van der Waals surface area contributed by atoms with E-state index >= 15 is 0 Å². The largest absolute Gasteiger partial charge is 0.301 e. The molecule has 0 atom stereocenters. The quantitative estimate of drug-likeness (QED) is 0.832. The van der Waals surface area contributed by atoms with Gasteiger partial charge in [0, 0.05) is 18.8 Å². The molecule has 0 aliphatic heterocycles. The van der Waals surface area contributed by atoms with Crippen LogP contribution in [0.25, 0.3) is 0 Å². The molecule has 2 aromatic rings. The number of rotatable bonds is 4. The molecule has 0 aliphatic rings. The van der Waals surface area contributed by atoms with Crippen molar-refractivity contribution < 1.29 is 4.79 Å². The maximum Gasteiger partial charge on any atom is 0.226 e. The molecule has 7 heteroatoms. The average molecular weight is 266 g/mol. The topological polar surface area (TPSA) is 70.7 Å². The van der Waals surface area contributed by atoms with Gasteiger partial charge in [-0.1, -0.05) is 17.4 Å². The van der Waals surface area contributed by atoms with E-state index in [2.05, 4.69) is 20.5 Å². The summed E-state index contributed by atoms with van der Waals surface area (Å²) in [6.45, 7) is 0. The van der Waals surface area contributed by atoms with E-state index in [1.165, 1.54) is 11.3 Å². The standard InChI is InChI=1S/C10H10N4OS2/c15-8(12-9-13-14-10(16)17-9)4-3-7-2-1-5-11-6-7/h1-2,5-6H,3-4H2,(H,14,16)(H,12,13,15). The number of hydrogen-bond acceptors (Lipinski definition) is 5. The van der Waals surface area contributed by atoms with Gasteiger partial charge in [0.25, 0.3) is 0 Å². The Morgan fingerprint density at radius 2 is 2.47 bits per heavy atom. The Morgan fingerprint density at radius 3 is 3.12 bits per heavy atom. The third kappa shape index (κ3) is 3.72. The van der Waals surface area contributed by atoms with Gasteiger partial charge in [0.05, 0.1) is 0 Å². The van der Waals surface area contributed by atoms with Gasteiger partial charge in [-0.05, 0) is 30.3 Å². The molecule has 0 radical (unpaired) electrons. The molecule has 1 amide bonds. The molecule has 0 saturated carbocycles. The SMILES string of the molecule is O=C(CCc1cccnc1)Nc1n[nH]c(=S)s1. The predicted molar refractivity (Wildman–Crippen MR) is 68.5 cm³/mol. The summed E-state index contributed by atoms with van der Waals surface area (Å²) in [6, 6.07) is 3.80. The molecular weight excluding hydrogens is 256 g/mol. The van der Waals surface area contributed by atoms with E-state index in [4.69, 9.17) is 12.2 Å². The second-order valence-electron chi connectivity index (χ2n) is 3.33. The summed E-state index contributed by atoms with van der Waals surface area (Å²) in [5.41, 5.74) is 1.04. The zero-order valence-corrected chi connectivity index (χ0v) is 10.5. The molecule has 0 bridgehead atoms. The van der Waals surface area contributed by atoms with Crippen molar-refractivity contribution in [1.29, 1.82) is 0 Å². The number of carbonyl (C=O) groups is 1. The molecule has 2 aromatic heterocycles. The van der Waals surface area contributed by atoms with Crippen molar-refractivity contribution in [2.24, 2.45) is 0 Å². The lowest BCUT2D eigenvalue weighted by Gasteiger charge is -2.00. The molecular formula is C10H10N4OS2. The van der Waals surface area contributed by atoms with Crippen molar-refractivity contribution in [3.8, 4) is 0 Å². The fraction of sp³-hybridized carbons (Fsp3) is 0.200.